The van der Waals surface area contributed by atoms with Gasteiger partial charge in [0.2, 0.25) is 5.13 Å². The maximum Gasteiger partial charge on any atom is 0.274 e. The van der Waals surface area contributed by atoms with Crippen LogP contribution in [0.1, 0.15) is 29.7 Å². The highest BCUT2D eigenvalue weighted by molar-refractivity contribution is 7.09. The molecule has 0 aliphatic carbocycles. The number of aromatic nitrogens is 3. The number of carbonyl (C=O) groups excluding carboxylic acids is 1. The summed E-state index contributed by atoms with van der Waals surface area (Å²) in [5.41, 5.74) is 6.85. The Hall–Kier alpha value is -1.89. The normalized spacial score (nSPS) is 10.6. The van der Waals surface area contributed by atoms with Crippen molar-refractivity contribution in [3.05, 3.63) is 23.8 Å². The summed E-state index contributed by atoms with van der Waals surface area (Å²) >= 11 is 1.16. The lowest BCUT2D eigenvalue weighted by Crippen LogP contribution is -2.16. The average molecular weight is 265 g/mol. The van der Waals surface area contributed by atoms with Crippen LogP contribution in [0.3, 0.4) is 0 Å². The quantitative estimate of drug-likeness (QED) is 0.884. The van der Waals surface area contributed by atoms with Gasteiger partial charge in [0.25, 0.3) is 5.91 Å². The number of hydrogen-bond donors (Lipinski definition) is 2. The van der Waals surface area contributed by atoms with Crippen molar-refractivity contribution in [3.8, 4) is 0 Å². The largest absolute Gasteiger partial charge is 0.397 e. The smallest absolute Gasteiger partial charge is 0.274 e. The van der Waals surface area contributed by atoms with Gasteiger partial charge in [-0.05, 0) is 19.4 Å². The molecule has 0 saturated carbocycles. The molecule has 7 heteroatoms. The van der Waals surface area contributed by atoms with Crippen LogP contribution < -0.4 is 11.1 Å². The molecule has 18 heavy (non-hydrogen) atoms. The Balaban J connectivity index is 2.17. The first-order chi connectivity index (χ1) is 8.60. The summed E-state index contributed by atoms with van der Waals surface area (Å²) < 4.78 is 5.86. The number of aryl methyl sites for hydroxylation is 2. The molecular formula is C11H15N5OS. The van der Waals surface area contributed by atoms with Crippen LogP contribution in [0.4, 0.5) is 10.8 Å². The number of amides is 1. The van der Waals surface area contributed by atoms with Crippen molar-refractivity contribution in [1.29, 1.82) is 0 Å². The fourth-order valence-corrected chi connectivity index (χ4v) is 2.23. The number of hydrogen-bond acceptors (Lipinski definition) is 5. The van der Waals surface area contributed by atoms with Gasteiger partial charge in [0.05, 0.1) is 5.69 Å². The van der Waals surface area contributed by atoms with E-state index in [1.807, 2.05) is 11.5 Å². The maximum absolute atomic E-state index is 12.1. The minimum absolute atomic E-state index is 0.212. The maximum atomic E-state index is 12.1. The minimum atomic E-state index is -0.212. The Morgan fingerprint density at radius 1 is 1.61 bits per heavy atom. The number of nitrogens with two attached hydrogens (primary N) is 1. The molecule has 2 aromatic rings. The van der Waals surface area contributed by atoms with Gasteiger partial charge < -0.3 is 10.3 Å². The molecule has 0 aliphatic rings. The predicted molar refractivity (Wildman–Crippen MR) is 71.7 cm³/mol. The highest BCUT2D eigenvalue weighted by Crippen LogP contribution is 2.15. The fourth-order valence-electron chi connectivity index (χ4n) is 1.66. The number of nitrogen functional groups attached to an aromatic ring is 1. The summed E-state index contributed by atoms with van der Waals surface area (Å²) in [5, 5.41) is 3.22. The van der Waals surface area contributed by atoms with Crippen molar-refractivity contribution < 1.29 is 4.79 Å². The summed E-state index contributed by atoms with van der Waals surface area (Å²) in [6, 6.07) is 1.67. The molecule has 2 aromatic heterocycles. The number of nitrogens with one attached hydrogen (secondary N) is 1. The summed E-state index contributed by atoms with van der Waals surface area (Å²) in [6.07, 6.45) is 2.70. The van der Waals surface area contributed by atoms with E-state index < -0.39 is 0 Å². The molecule has 6 nitrogen and oxygen atoms in total. The summed E-state index contributed by atoms with van der Waals surface area (Å²) in [6.45, 7) is 4.59. The zero-order valence-electron chi connectivity index (χ0n) is 10.3. The van der Waals surface area contributed by atoms with Crippen molar-refractivity contribution in [2.75, 3.05) is 11.1 Å². The summed E-state index contributed by atoms with van der Waals surface area (Å²) in [4.78, 5) is 16.2. The second-order valence-electron chi connectivity index (χ2n) is 3.95. The molecule has 1 amide bonds. The van der Waals surface area contributed by atoms with Crippen LogP contribution in [0, 0.1) is 6.92 Å². The van der Waals surface area contributed by atoms with Gasteiger partial charge in [-0.25, -0.2) is 4.98 Å². The Morgan fingerprint density at radius 3 is 3.00 bits per heavy atom. The van der Waals surface area contributed by atoms with Gasteiger partial charge in [0, 0.05) is 24.3 Å². The molecule has 0 saturated heterocycles. The molecule has 0 atom stereocenters. The van der Waals surface area contributed by atoms with E-state index in [4.69, 9.17) is 5.73 Å². The molecule has 0 aromatic carbocycles. The first-order valence-electron chi connectivity index (χ1n) is 5.67. The molecule has 0 fully saturated rings. The van der Waals surface area contributed by atoms with Crippen LogP contribution in [-0.2, 0) is 6.54 Å². The van der Waals surface area contributed by atoms with Crippen molar-refractivity contribution in [2.24, 2.45) is 0 Å². The van der Waals surface area contributed by atoms with Crippen molar-refractivity contribution in [3.63, 3.8) is 0 Å². The predicted octanol–water partition coefficient (Wildman–Crippen LogP) is 1.89. The van der Waals surface area contributed by atoms with Gasteiger partial charge in [-0.15, -0.1) is 0 Å². The van der Waals surface area contributed by atoms with E-state index in [1.165, 1.54) is 0 Å². The highest BCUT2D eigenvalue weighted by atomic mass is 32.1. The van der Waals surface area contributed by atoms with E-state index >= 15 is 0 Å². The monoisotopic (exact) mass is 265 g/mol. The zero-order valence-corrected chi connectivity index (χ0v) is 11.1. The molecule has 0 spiro atoms. The SMILES string of the molecule is CCCn1cc(N)cc1C(=O)Nc1nc(C)ns1. The number of nitrogens with zero attached hydrogens (tertiary/aromatic N) is 3. The van der Waals surface area contributed by atoms with Gasteiger partial charge in [-0.1, -0.05) is 6.92 Å². The first-order valence-corrected chi connectivity index (χ1v) is 6.44. The lowest BCUT2D eigenvalue weighted by Gasteiger charge is -2.06. The third-order valence-corrected chi connectivity index (χ3v) is 3.08. The topological polar surface area (TPSA) is 85.8 Å². The van der Waals surface area contributed by atoms with E-state index in [2.05, 4.69) is 14.7 Å². The molecule has 2 rings (SSSR count). The average Bonchev–Trinajstić information content (AvgIpc) is 2.86. The third kappa shape index (κ3) is 2.67. The Morgan fingerprint density at radius 2 is 2.39 bits per heavy atom. The van der Waals surface area contributed by atoms with E-state index in [0.29, 0.717) is 22.3 Å². The first kappa shape index (κ1) is 12.6. The molecule has 96 valence electrons. The van der Waals surface area contributed by atoms with Crippen LogP contribution in [0.15, 0.2) is 12.3 Å². The molecule has 3 N–H and O–H groups in total. The van der Waals surface area contributed by atoms with Crippen LogP contribution in [0.25, 0.3) is 0 Å². The van der Waals surface area contributed by atoms with E-state index in [-0.39, 0.29) is 5.91 Å². The van der Waals surface area contributed by atoms with E-state index in [1.54, 1.807) is 19.2 Å². The molecular weight excluding hydrogens is 250 g/mol. The van der Waals surface area contributed by atoms with Crippen LogP contribution in [0.2, 0.25) is 0 Å². The standard InChI is InChI=1S/C11H15N5OS/c1-3-4-16-6-8(12)5-9(16)10(17)14-11-13-7(2)15-18-11/h5-6H,3-4,12H2,1-2H3,(H,13,14,15,17). The van der Waals surface area contributed by atoms with Crippen molar-refractivity contribution in [1.82, 2.24) is 13.9 Å². The summed E-state index contributed by atoms with van der Waals surface area (Å²) in [7, 11) is 0. The molecule has 0 aliphatic heterocycles. The molecule has 2 heterocycles. The fraction of sp³-hybridized carbons (Fsp3) is 0.364. The van der Waals surface area contributed by atoms with Gasteiger partial charge >= 0.3 is 0 Å². The van der Waals surface area contributed by atoms with Crippen molar-refractivity contribution in [2.45, 2.75) is 26.8 Å². The molecule has 0 radical (unpaired) electrons. The van der Waals surface area contributed by atoms with Gasteiger partial charge in [-0.2, -0.15) is 4.37 Å². The van der Waals surface area contributed by atoms with Gasteiger partial charge in [0.15, 0.2) is 0 Å². The number of rotatable bonds is 4. The second kappa shape index (κ2) is 5.18. The van der Waals surface area contributed by atoms with Crippen molar-refractivity contribution >= 4 is 28.3 Å². The number of anilines is 2. The highest BCUT2D eigenvalue weighted by Gasteiger charge is 2.14. The van der Waals surface area contributed by atoms with E-state index in [9.17, 15) is 4.79 Å². The van der Waals surface area contributed by atoms with Crippen LogP contribution in [0.5, 0.6) is 0 Å². The lowest BCUT2D eigenvalue weighted by molar-refractivity contribution is 0.101. The molecule has 0 unspecified atom stereocenters. The lowest BCUT2D eigenvalue weighted by atomic mass is 10.3. The van der Waals surface area contributed by atoms with Crippen LogP contribution in [-0.4, -0.2) is 19.8 Å². The second-order valence-corrected chi connectivity index (χ2v) is 4.70. The Labute approximate surface area is 109 Å². The minimum Gasteiger partial charge on any atom is -0.397 e. The Kier molecular flexibility index (Phi) is 3.61. The van der Waals surface area contributed by atoms with Crippen LogP contribution >= 0.6 is 11.5 Å². The molecule has 0 bridgehead atoms. The summed E-state index contributed by atoms with van der Waals surface area (Å²) in [5.74, 6) is 0.440. The third-order valence-electron chi connectivity index (χ3n) is 2.36. The Bertz CT molecular complexity index is 560. The van der Waals surface area contributed by atoms with E-state index in [0.717, 1.165) is 24.5 Å². The van der Waals surface area contributed by atoms with Gasteiger partial charge in [-0.3, -0.25) is 10.1 Å². The number of carbonyl (C=O) groups is 1. The van der Waals surface area contributed by atoms with Gasteiger partial charge in [0.1, 0.15) is 11.5 Å². The zero-order chi connectivity index (χ0) is 13.1.